The smallest absolute Gasteiger partial charge is 0.410 e. The van der Waals surface area contributed by atoms with E-state index < -0.39 is 5.60 Å². The third-order valence-electron chi connectivity index (χ3n) is 5.37. The predicted octanol–water partition coefficient (Wildman–Crippen LogP) is 4.70. The number of nitrogens with zero attached hydrogens (tertiary/aromatic N) is 2. The first kappa shape index (κ1) is 20.1. The highest BCUT2D eigenvalue weighted by Gasteiger charge is 2.28. The normalized spacial score (nSPS) is 15.4. The highest BCUT2D eigenvalue weighted by Crippen LogP contribution is 2.29. The molecule has 3 aromatic rings. The Morgan fingerprint density at radius 1 is 1.07 bits per heavy atom. The average molecular weight is 405 g/mol. The number of piperidine rings is 1. The molecule has 0 unspecified atom stereocenters. The summed E-state index contributed by atoms with van der Waals surface area (Å²) < 4.78 is 5.46. The van der Waals surface area contributed by atoms with Gasteiger partial charge in [-0.15, -0.1) is 0 Å². The number of aromatic nitrogens is 2. The summed E-state index contributed by atoms with van der Waals surface area (Å²) in [6.45, 7) is 6.78. The van der Waals surface area contributed by atoms with Gasteiger partial charge in [0.1, 0.15) is 11.4 Å². The Labute approximate surface area is 175 Å². The Bertz CT molecular complexity index is 1110. The standard InChI is InChI=1S/C24H27N3O3/c1-24(2,3)30-23(29)27-14-12-17(13-15-27)21-25-19-11-7-10-18(20(19)22(28)26-21)16-8-5-4-6-9-16/h4-11,17H,12-15H2,1-3H3,(H,25,26,28). The molecule has 1 aliphatic heterocycles. The predicted molar refractivity (Wildman–Crippen MR) is 118 cm³/mol. The summed E-state index contributed by atoms with van der Waals surface area (Å²) in [4.78, 5) is 34.8. The number of ether oxygens (including phenoxy) is 1. The summed E-state index contributed by atoms with van der Waals surface area (Å²) in [5.41, 5.74) is 1.95. The van der Waals surface area contributed by atoms with Gasteiger partial charge in [0.15, 0.2) is 0 Å². The Balaban J connectivity index is 1.57. The van der Waals surface area contributed by atoms with Crippen molar-refractivity contribution in [3.05, 3.63) is 64.7 Å². The third-order valence-corrected chi connectivity index (χ3v) is 5.37. The zero-order valence-electron chi connectivity index (χ0n) is 17.6. The molecule has 0 atom stereocenters. The Morgan fingerprint density at radius 3 is 2.43 bits per heavy atom. The molecular weight excluding hydrogens is 378 g/mol. The minimum Gasteiger partial charge on any atom is -0.444 e. The summed E-state index contributed by atoms with van der Waals surface area (Å²) >= 11 is 0. The Hall–Kier alpha value is -3.15. The van der Waals surface area contributed by atoms with Crippen LogP contribution in [0.1, 0.15) is 45.4 Å². The van der Waals surface area contributed by atoms with Crippen LogP contribution in [-0.4, -0.2) is 39.7 Å². The fourth-order valence-corrected chi connectivity index (χ4v) is 3.92. The van der Waals surface area contributed by atoms with Crippen LogP contribution in [0, 0.1) is 0 Å². The van der Waals surface area contributed by atoms with E-state index in [-0.39, 0.29) is 17.6 Å². The first-order valence-electron chi connectivity index (χ1n) is 10.4. The number of hydrogen-bond acceptors (Lipinski definition) is 4. The second-order valence-electron chi connectivity index (χ2n) is 8.76. The van der Waals surface area contributed by atoms with Crippen molar-refractivity contribution in [2.75, 3.05) is 13.1 Å². The maximum Gasteiger partial charge on any atom is 0.410 e. The van der Waals surface area contributed by atoms with Crippen LogP contribution in [-0.2, 0) is 4.74 Å². The third kappa shape index (κ3) is 4.22. The van der Waals surface area contributed by atoms with Crippen molar-refractivity contribution in [3.8, 4) is 11.1 Å². The van der Waals surface area contributed by atoms with Crippen LogP contribution in [0.25, 0.3) is 22.0 Å². The summed E-state index contributed by atoms with van der Waals surface area (Å²) in [5, 5.41) is 0.610. The highest BCUT2D eigenvalue weighted by molar-refractivity contribution is 5.93. The number of rotatable bonds is 2. The number of aromatic amines is 1. The SMILES string of the molecule is CC(C)(C)OC(=O)N1CCC(c2nc3cccc(-c4ccccc4)c3c(=O)[nH]2)CC1. The van der Waals surface area contributed by atoms with Crippen molar-refractivity contribution >= 4 is 17.0 Å². The number of fused-ring (bicyclic) bond motifs is 1. The lowest BCUT2D eigenvalue weighted by Crippen LogP contribution is -2.41. The van der Waals surface area contributed by atoms with Crippen molar-refractivity contribution in [2.45, 2.75) is 45.1 Å². The Morgan fingerprint density at radius 2 is 1.77 bits per heavy atom. The van der Waals surface area contributed by atoms with Crippen molar-refractivity contribution < 1.29 is 9.53 Å². The first-order chi connectivity index (χ1) is 14.3. The lowest BCUT2D eigenvalue weighted by molar-refractivity contribution is 0.0203. The van der Waals surface area contributed by atoms with Crippen LogP contribution in [0.5, 0.6) is 0 Å². The summed E-state index contributed by atoms with van der Waals surface area (Å²) in [7, 11) is 0. The van der Waals surface area contributed by atoms with Crippen molar-refractivity contribution in [2.24, 2.45) is 0 Å². The number of H-pyrrole nitrogens is 1. The molecule has 6 heteroatoms. The van der Waals surface area contributed by atoms with Crippen molar-refractivity contribution in [1.82, 2.24) is 14.9 Å². The topological polar surface area (TPSA) is 75.3 Å². The molecule has 2 heterocycles. The molecule has 2 aromatic carbocycles. The molecule has 1 aliphatic rings. The van der Waals surface area contributed by atoms with Crippen LogP contribution in [0.2, 0.25) is 0 Å². The number of carbonyl (C=O) groups excluding carboxylic acids is 1. The van der Waals surface area contributed by atoms with E-state index in [1.807, 2.05) is 69.3 Å². The van der Waals surface area contributed by atoms with Crippen LogP contribution in [0.4, 0.5) is 4.79 Å². The van der Waals surface area contributed by atoms with Gasteiger partial charge in [0.2, 0.25) is 0 Å². The molecule has 0 radical (unpaired) electrons. The van der Waals surface area contributed by atoms with E-state index in [2.05, 4.69) is 4.98 Å². The van der Waals surface area contributed by atoms with Gasteiger partial charge in [0.25, 0.3) is 5.56 Å². The maximum absolute atomic E-state index is 13.0. The second-order valence-corrected chi connectivity index (χ2v) is 8.76. The molecule has 6 nitrogen and oxygen atoms in total. The lowest BCUT2D eigenvalue weighted by Gasteiger charge is -2.33. The van der Waals surface area contributed by atoms with Crippen molar-refractivity contribution in [1.29, 1.82) is 0 Å². The van der Waals surface area contributed by atoms with Gasteiger partial charge >= 0.3 is 6.09 Å². The van der Waals surface area contributed by atoms with Gasteiger partial charge in [-0.25, -0.2) is 9.78 Å². The lowest BCUT2D eigenvalue weighted by atomic mass is 9.95. The van der Waals surface area contributed by atoms with E-state index in [9.17, 15) is 9.59 Å². The van der Waals surface area contributed by atoms with Crippen molar-refractivity contribution in [3.63, 3.8) is 0 Å². The van der Waals surface area contributed by atoms with Gasteiger partial charge in [-0.05, 0) is 50.8 Å². The van der Waals surface area contributed by atoms with Gasteiger partial charge in [0, 0.05) is 19.0 Å². The monoisotopic (exact) mass is 405 g/mol. The average Bonchev–Trinajstić information content (AvgIpc) is 2.73. The zero-order chi connectivity index (χ0) is 21.3. The fraction of sp³-hybridized carbons (Fsp3) is 0.375. The molecule has 0 aliphatic carbocycles. The van der Waals surface area contributed by atoms with Gasteiger partial charge in [-0.1, -0.05) is 42.5 Å². The summed E-state index contributed by atoms with van der Waals surface area (Å²) in [5.74, 6) is 0.808. The molecule has 1 amide bonds. The molecule has 1 N–H and O–H groups in total. The molecule has 1 fully saturated rings. The van der Waals surface area contributed by atoms with E-state index in [1.165, 1.54) is 0 Å². The van der Waals surface area contributed by atoms with Crippen LogP contribution in [0.15, 0.2) is 53.3 Å². The number of hydrogen-bond donors (Lipinski definition) is 1. The second kappa shape index (κ2) is 7.94. The summed E-state index contributed by atoms with van der Waals surface area (Å²) in [6, 6.07) is 15.6. The fourth-order valence-electron chi connectivity index (χ4n) is 3.92. The maximum atomic E-state index is 13.0. The minimum absolute atomic E-state index is 0.112. The van der Waals surface area contributed by atoms with Crippen LogP contribution >= 0.6 is 0 Å². The molecule has 30 heavy (non-hydrogen) atoms. The molecule has 4 rings (SSSR count). The van der Waals surface area contributed by atoms with Gasteiger partial charge in [-0.3, -0.25) is 4.79 Å². The van der Waals surface area contributed by atoms with Gasteiger partial charge in [-0.2, -0.15) is 0 Å². The highest BCUT2D eigenvalue weighted by atomic mass is 16.6. The molecule has 1 saturated heterocycles. The van der Waals surface area contributed by atoms with Crippen LogP contribution in [0.3, 0.4) is 0 Å². The largest absolute Gasteiger partial charge is 0.444 e. The molecule has 0 spiro atoms. The number of benzene rings is 2. The van der Waals surface area contributed by atoms with E-state index in [0.29, 0.717) is 29.8 Å². The Kier molecular flexibility index (Phi) is 5.33. The van der Waals surface area contributed by atoms with E-state index in [1.54, 1.807) is 4.90 Å². The van der Waals surface area contributed by atoms with E-state index in [0.717, 1.165) is 24.0 Å². The number of likely N-dealkylation sites (tertiary alicyclic amines) is 1. The molecule has 156 valence electrons. The molecular formula is C24H27N3O3. The number of carbonyl (C=O) groups is 1. The van der Waals surface area contributed by atoms with Crippen LogP contribution < -0.4 is 5.56 Å². The van der Waals surface area contributed by atoms with Gasteiger partial charge in [0.05, 0.1) is 10.9 Å². The van der Waals surface area contributed by atoms with Gasteiger partial charge < -0.3 is 14.6 Å². The quantitative estimate of drug-likeness (QED) is 0.670. The minimum atomic E-state index is -0.504. The number of amides is 1. The number of nitrogens with one attached hydrogen (secondary N) is 1. The molecule has 1 aromatic heterocycles. The molecule has 0 saturated carbocycles. The van der Waals surface area contributed by atoms with E-state index in [4.69, 9.17) is 9.72 Å². The zero-order valence-corrected chi connectivity index (χ0v) is 17.6. The van der Waals surface area contributed by atoms with E-state index >= 15 is 0 Å². The first-order valence-corrected chi connectivity index (χ1v) is 10.4. The summed E-state index contributed by atoms with van der Waals surface area (Å²) in [6.07, 6.45) is 1.20. The molecule has 0 bridgehead atoms.